The second kappa shape index (κ2) is 4.87. The number of methoxy groups -OCH3 is 1. The van der Waals surface area contributed by atoms with Gasteiger partial charge in [-0.3, -0.25) is 0 Å². The van der Waals surface area contributed by atoms with E-state index in [1.165, 1.54) is 6.42 Å². The molecular weight excluding hydrogens is 216 g/mol. The molecule has 2 aliphatic rings. The second-order valence-electron chi connectivity index (χ2n) is 6.71. The summed E-state index contributed by atoms with van der Waals surface area (Å²) in [6.07, 6.45) is 4.27. The fourth-order valence-electron chi connectivity index (χ4n) is 3.61. The van der Waals surface area contributed by atoms with Gasteiger partial charge in [0.15, 0.2) is 0 Å². The van der Waals surface area contributed by atoms with Gasteiger partial charge in [0.25, 0.3) is 0 Å². The number of aliphatic hydroxyl groups is 1. The average molecular weight is 242 g/mol. The van der Waals surface area contributed by atoms with Crippen LogP contribution in [0, 0.1) is 11.3 Å². The topological polar surface area (TPSA) is 38.7 Å². The average Bonchev–Trinajstić information content (AvgIpc) is 2.13. The summed E-state index contributed by atoms with van der Waals surface area (Å²) in [6.45, 7) is 6.95. The Balaban J connectivity index is 1.87. The van der Waals surface area contributed by atoms with Crippen LogP contribution in [-0.2, 0) is 9.47 Å². The largest absolute Gasteiger partial charge is 0.390 e. The fourth-order valence-corrected chi connectivity index (χ4v) is 3.61. The van der Waals surface area contributed by atoms with Crippen molar-refractivity contribution in [1.29, 1.82) is 0 Å². The van der Waals surface area contributed by atoms with Crippen LogP contribution in [0.5, 0.6) is 0 Å². The lowest BCUT2D eigenvalue weighted by Gasteiger charge is -2.45. The minimum atomic E-state index is -0.334. The standard InChI is InChI=1S/C14H26O3/c1-9-5-10(8-14(2,3)7-9)17-12-6-11(15)13(12)16-4/h9-13,15H,5-8H2,1-4H3. The van der Waals surface area contributed by atoms with Crippen LogP contribution < -0.4 is 0 Å². The van der Waals surface area contributed by atoms with Crippen LogP contribution in [0.15, 0.2) is 0 Å². The van der Waals surface area contributed by atoms with E-state index in [2.05, 4.69) is 20.8 Å². The van der Waals surface area contributed by atoms with Crippen molar-refractivity contribution >= 4 is 0 Å². The van der Waals surface area contributed by atoms with Crippen molar-refractivity contribution in [3.63, 3.8) is 0 Å². The molecule has 100 valence electrons. The van der Waals surface area contributed by atoms with E-state index in [0.717, 1.165) is 25.2 Å². The minimum Gasteiger partial charge on any atom is -0.390 e. The molecule has 0 aromatic heterocycles. The van der Waals surface area contributed by atoms with Gasteiger partial charge in [-0.1, -0.05) is 20.8 Å². The molecule has 0 amide bonds. The van der Waals surface area contributed by atoms with Crippen molar-refractivity contribution < 1.29 is 14.6 Å². The highest BCUT2D eigenvalue weighted by atomic mass is 16.6. The summed E-state index contributed by atoms with van der Waals surface area (Å²) in [5.74, 6) is 0.731. The van der Waals surface area contributed by atoms with Gasteiger partial charge < -0.3 is 14.6 Å². The van der Waals surface area contributed by atoms with E-state index < -0.39 is 0 Å². The molecule has 3 heteroatoms. The van der Waals surface area contributed by atoms with Gasteiger partial charge in [-0.25, -0.2) is 0 Å². The summed E-state index contributed by atoms with van der Waals surface area (Å²) in [7, 11) is 1.65. The van der Waals surface area contributed by atoms with E-state index in [0.29, 0.717) is 11.5 Å². The lowest BCUT2D eigenvalue weighted by atomic mass is 9.71. The van der Waals surface area contributed by atoms with Crippen LogP contribution >= 0.6 is 0 Å². The first-order valence-electron chi connectivity index (χ1n) is 6.77. The summed E-state index contributed by atoms with van der Waals surface area (Å²) in [5.41, 5.74) is 0.382. The highest BCUT2D eigenvalue weighted by Crippen LogP contribution is 2.41. The van der Waals surface area contributed by atoms with E-state index in [4.69, 9.17) is 9.47 Å². The highest BCUT2D eigenvalue weighted by molar-refractivity contribution is 4.93. The zero-order chi connectivity index (χ0) is 12.6. The van der Waals surface area contributed by atoms with Gasteiger partial charge in [0.05, 0.1) is 18.3 Å². The monoisotopic (exact) mass is 242 g/mol. The number of rotatable bonds is 3. The number of ether oxygens (including phenoxy) is 2. The summed E-state index contributed by atoms with van der Waals surface area (Å²) in [4.78, 5) is 0. The smallest absolute Gasteiger partial charge is 0.109 e. The lowest BCUT2D eigenvalue weighted by Crippen LogP contribution is -2.55. The van der Waals surface area contributed by atoms with Crippen LogP contribution in [0.3, 0.4) is 0 Å². The zero-order valence-corrected chi connectivity index (χ0v) is 11.5. The third kappa shape index (κ3) is 3.01. The van der Waals surface area contributed by atoms with Crippen LogP contribution in [0.2, 0.25) is 0 Å². The van der Waals surface area contributed by atoms with Crippen molar-refractivity contribution in [2.45, 2.75) is 70.9 Å². The first kappa shape index (κ1) is 13.3. The molecule has 5 unspecified atom stereocenters. The van der Waals surface area contributed by atoms with Crippen LogP contribution in [0.4, 0.5) is 0 Å². The Morgan fingerprint density at radius 3 is 2.41 bits per heavy atom. The fraction of sp³-hybridized carbons (Fsp3) is 1.00. The van der Waals surface area contributed by atoms with Gasteiger partial charge in [0.1, 0.15) is 6.10 Å². The van der Waals surface area contributed by atoms with Crippen molar-refractivity contribution in [1.82, 2.24) is 0 Å². The van der Waals surface area contributed by atoms with E-state index in [1.807, 2.05) is 0 Å². The molecule has 0 heterocycles. The third-order valence-electron chi connectivity index (χ3n) is 4.21. The summed E-state index contributed by atoms with van der Waals surface area (Å²) >= 11 is 0. The van der Waals surface area contributed by atoms with Crippen LogP contribution in [0.1, 0.15) is 46.5 Å². The van der Waals surface area contributed by atoms with Crippen molar-refractivity contribution in [3.05, 3.63) is 0 Å². The summed E-state index contributed by atoms with van der Waals surface area (Å²) < 4.78 is 11.4. The number of hydrogen-bond acceptors (Lipinski definition) is 3. The van der Waals surface area contributed by atoms with E-state index >= 15 is 0 Å². The van der Waals surface area contributed by atoms with Gasteiger partial charge in [-0.05, 0) is 30.6 Å². The molecule has 3 nitrogen and oxygen atoms in total. The predicted molar refractivity (Wildman–Crippen MR) is 66.9 cm³/mol. The van der Waals surface area contributed by atoms with Crippen molar-refractivity contribution in [2.24, 2.45) is 11.3 Å². The second-order valence-corrected chi connectivity index (χ2v) is 6.71. The van der Waals surface area contributed by atoms with Crippen molar-refractivity contribution in [3.8, 4) is 0 Å². The lowest BCUT2D eigenvalue weighted by molar-refractivity contribution is -0.207. The highest BCUT2D eigenvalue weighted by Gasteiger charge is 2.44. The Labute approximate surface area is 104 Å². The van der Waals surface area contributed by atoms with Crippen LogP contribution in [0.25, 0.3) is 0 Å². The molecule has 2 fully saturated rings. The van der Waals surface area contributed by atoms with Gasteiger partial charge in [0, 0.05) is 13.5 Å². The van der Waals surface area contributed by atoms with E-state index in [9.17, 15) is 5.11 Å². The molecule has 17 heavy (non-hydrogen) atoms. The number of aliphatic hydroxyl groups excluding tert-OH is 1. The summed E-state index contributed by atoms with van der Waals surface area (Å²) in [5, 5.41) is 9.56. The maximum absolute atomic E-state index is 9.56. The molecule has 0 aromatic rings. The molecule has 0 aromatic carbocycles. The summed E-state index contributed by atoms with van der Waals surface area (Å²) in [6, 6.07) is 0. The first-order valence-corrected chi connectivity index (χ1v) is 6.77. The van der Waals surface area contributed by atoms with E-state index in [1.54, 1.807) is 7.11 Å². The first-order chi connectivity index (χ1) is 7.91. The molecule has 2 saturated carbocycles. The zero-order valence-electron chi connectivity index (χ0n) is 11.5. The maximum Gasteiger partial charge on any atom is 0.109 e. The van der Waals surface area contributed by atoms with Gasteiger partial charge in [-0.2, -0.15) is 0 Å². The van der Waals surface area contributed by atoms with Crippen molar-refractivity contribution in [2.75, 3.05) is 7.11 Å². The van der Waals surface area contributed by atoms with Gasteiger partial charge in [0.2, 0.25) is 0 Å². The molecule has 5 atom stereocenters. The maximum atomic E-state index is 9.56. The third-order valence-corrected chi connectivity index (χ3v) is 4.21. The number of hydrogen-bond donors (Lipinski definition) is 1. The molecule has 2 aliphatic carbocycles. The Hall–Kier alpha value is -0.120. The molecule has 1 N–H and O–H groups in total. The minimum absolute atomic E-state index is 0.0982. The molecule has 0 spiro atoms. The molecular formula is C14H26O3. The van der Waals surface area contributed by atoms with E-state index in [-0.39, 0.29) is 18.3 Å². The Bertz CT molecular complexity index is 264. The molecule has 0 aliphatic heterocycles. The van der Waals surface area contributed by atoms with Gasteiger partial charge >= 0.3 is 0 Å². The molecule has 0 bridgehead atoms. The SMILES string of the molecule is COC1C(O)CC1OC1CC(C)CC(C)(C)C1. The molecule has 2 rings (SSSR count). The van der Waals surface area contributed by atoms with Gasteiger partial charge in [-0.15, -0.1) is 0 Å². The normalized spacial score (nSPS) is 45.4. The Morgan fingerprint density at radius 1 is 1.18 bits per heavy atom. The molecule has 0 radical (unpaired) electrons. The quantitative estimate of drug-likeness (QED) is 0.825. The molecule has 0 saturated heterocycles. The Morgan fingerprint density at radius 2 is 1.88 bits per heavy atom. The predicted octanol–water partition coefficient (Wildman–Crippen LogP) is 2.37. The van der Waals surface area contributed by atoms with Crippen LogP contribution in [-0.4, -0.2) is 36.6 Å². The Kier molecular flexibility index (Phi) is 3.81.